The zero-order valence-electron chi connectivity index (χ0n) is 13.1. The summed E-state index contributed by atoms with van der Waals surface area (Å²) in [6, 6.07) is 8.62. The Kier molecular flexibility index (Phi) is 3.88. The number of carbonyl (C=O) groups is 1. The minimum atomic E-state index is -2.78. The lowest BCUT2D eigenvalue weighted by Gasteiger charge is -2.19. The van der Waals surface area contributed by atoms with Crippen LogP contribution in [-0.2, 0) is 11.8 Å². The number of aromatic nitrogens is 1. The minimum Gasteiger partial charge on any atom is -0.322 e. The highest BCUT2D eigenvalue weighted by atomic mass is 19.3. The first-order valence-electron chi connectivity index (χ1n) is 7.57. The van der Waals surface area contributed by atoms with E-state index in [-0.39, 0.29) is 11.0 Å². The number of amides is 1. The Hall–Kier alpha value is -2.30. The molecule has 1 aromatic heterocycles. The van der Waals surface area contributed by atoms with Crippen LogP contribution in [0.4, 0.5) is 14.5 Å². The highest BCUT2D eigenvalue weighted by Crippen LogP contribution is 2.41. The molecule has 1 aromatic carbocycles. The van der Waals surface area contributed by atoms with Crippen LogP contribution < -0.4 is 5.32 Å². The lowest BCUT2D eigenvalue weighted by atomic mass is 9.86. The summed E-state index contributed by atoms with van der Waals surface area (Å²) in [5.41, 5.74) is 2.49. The van der Waals surface area contributed by atoms with Crippen LogP contribution in [0.3, 0.4) is 0 Å². The fourth-order valence-electron chi connectivity index (χ4n) is 3.15. The molecule has 0 fully saturated rings. The summed E-state index contributed by atoms with van der Waals surface area (Å²) >= 11 is 0. The second kappa shape index (κ2) is 5.72. The standard InChI is InChI=1S/C18H18F2N2O/c1-18(2)9-8-11-13(18)6-3-7-14(11)22-17(23)12-5-4-10-21-15(12)16(19)20/h3-7,10,16H,8-9H2,1-2H3,(H,22,23). The van der Waals surface area contributed by atoms with Crippen molar-refractivity contribution < 1.29 is 13.6 Å². The SMILES string of the molecule is CC1(C)CCc2c(NC(=O)c3cccnc3C(F)F)cccc21. The van der Waals surface area contributed by atoms with Crippen molar-refractivity contribution in [3.8, 4) is 0 Å². The first-order valence-corrected chi connectivity index (χ1v) is 7.57. The third kappa shape index (κ3) is 2.83. The fourth-order valence-corrected chi connectivity index (χ4v) is 3.15. The molecular formula is C18H18F2N2O. The van der Waals surface area contributed by atoms with E-state index in [9.17, 15) is 13.6 Å². The van der Waals surface area contributed by atoms with Crippen LogP contribution in [0.25, 0.3) is 0 Å². The van der Waals surface area contributed by atoms with Crippen molar-refractivity contribution in [1.82, 2.24) is 4.98 Å². The highest BCUT2D eigenvalue weighted by molar-refractivity contribution is 6.05. The van der Waals surface area contributed by atoms with Gasteiger partial charge in [-0.15, -0.1) is 0 Å². The largest absolute Gasteiger partial charge is 0.322 e. The lowest BCUT2D eigenvalue weighted by Crippen LogP contribution is -2.17. The van der Waals surface area contributed by atoms with Crippen molar-refractivity contribution in [3.05, 3.63) is 58.9 Å². The third-order valence-electron chi connectivity index (χ3n) is 4.44. The number of anilines is 1. The number of hydrogen-bond donors (Lipinski definition) is 1. The van der Waals surface area contributed by atoms with Gasteiger partial charge in [-0.3, -0.25) is 9.78 Å². The van der Waals surface area contributed by atoms with Gasteiger partial charge in [-0.05, 0) is 47.6 Å². The van der Waals surface area contributed by atoms with Crippen molar-refractivity contribution in [1.29, 1.82) is 0 Å². The maximum atomic E-state index is 13.0. The van der Waals surface area contributed by atoms with E-state index in [2.05, 4.69) is 30.2 Å². The number of nitrogens with zero attached hydrogens (tertiary/aromatic N) is 1. The quantitative estimate of drug-likeness (QED) is 0.906. The average molecular weight is 316 g/mol. The van der Waals surface area contributed by atoms with Crippen LogP contribution in [0.1, 0.15) is 53.9 Å². The minimum absolute atomic E-state index is 0.0680. The second-order valence-corrected chi connectivity index (χ2v) is 6.41. The number of halogens is 2. The predicted octanol–water partition coefficient (Wildman–Crippen LogP) is 4.50. The van der Waals surface area contributed by atoms with Crippen molar-refractivity contribution in [2.24, 2.45) is 0 Å². The highest BCUT2D eigenvalue weighted by Gasteiger charge is 2.31. The molecule has 120 valence electrons. The van der Waals surface area contributed by atoms with Crippen LogP contribution in [0, 0.1) is 0 Å². The normalized spacial score (nSPS) is 15.5. The Balaban J connectivity index is 1.93. The van der Waals surface area contributed by atoms with E-state index in [0.29, 0.717) is 5.69 Å². The monoisotopic (exact) mass is 316 g/mol. The average Bonchev–Trinajstić information content (AvgIpc) is 2.84. The number of alkyl halides is 2. The Bertz CT molecular complexity index is 756. The molecule has 0 bridgehead atoms. The Labute approximate surface area is 133 Å². The molecule has 0 saturated carbocycles. The second-order valence-electron chi connectivity index (χ2n) is 6.41. The lowest BCUT2D eigenvalue weighted by molar-refractivity contribution is 0.100. The summed E-state index contributed by atoms with van der Waals surface area (Å²) in [5.74, 6) is -0.550. The van der Waals surface area contributed by atoms with E-state index in [4.69, 9.17) is 0 Å². The summed E-state index contributed by atoms with van der Waals surface area (Å²) in [4.78, 5) is 16.0. The summed E-state index contributed by atoms with van der Waals surface area (Å²) in [6.07, 6.45) is 0.358. The maximum absolute atomic E-state index is 13.0. The van der Waals surface area contributed by atoms with Crippen LogP contribution >= 0.6 is 0 Å². The topological polar surface area (TPSA) is 42.0 Å². The zero-order valence-corrected chi connectivity index (χ0v) is 13.1. The number of hydrogen-bond acceptors (Lipinski definition) is 2. The molecule has 0 radical (unpaired) electrons. The molecule has 3 nitrogen and oxygen atoms in total. The molecule has 1 aliphatic rings. The molecule has 0 unspecified atom stereocenters. The Morgan fingerprint density at radius 1 is 1.26 bits per heavy atom. The Morgan fingerprint density at radius 3 is 2.78 bits per heavy atom. The van der Waals surface area contributed by atoms with Gasteiger partial charge in [0, 0.05) is 11.9 Å². The number of nitrogens with one attached hydrogen (secondary N) is 1. The van der Waals surface area contributed by atoms with E-state index in [1.807, 2.05) is 12.1 Å². The van der Waals surface area contributed by atoms with Crippen molar-refractivity contribution >= 4 is 11.6 Å². The van der Waals surface area contributed by atoms with Gasteiger partial charge in [-0.2, -0.15) is 0 Å². The van der Waals surface area contributed by atoms with Gasteiger partial charge in [-0.25, -0.2) is 8.78 Å². The molecule has 1 amide bonds. The maximum Gasteiger partial charge on any atom is 0.281 e. The summed E-state index contributed by atoms with van der Waals surface area (Å²) < 4.78 is 26.0. The van der Waals surface area contributed by atoms with Crippen molar-refractivity contribution in [3.63, 3.8) is 0 Å². The summed E-state index contributed by atoms with van der Waals surface area (Å²) in [7, 11) is 0. The molecule has 1 heterocycles. The van der Waals surface area contributed by atoms with E-state index in [0.717, 1.165) is 18.4 Å². The van der Waals surface area contributed by atoms with Crippen LogP contribution in [0.2, 0.25) is 0 Å². The first kappa shape index (κ1) is 15.6. The predicted molar refractivity (Wildman–Crippen MR) is 84.9 cm³/mol. The Morgan fingerprint density at radius 2 is 2.04 bits per heavy atom. The molecule has 0 spiro atoms. The van der Waals surface area contributed by atoms with Crippen LogP contribution in [0.5, 0.6) is 0 Å². The van der Waals surface area contributed by atoms with Gasteiger partial charge in [0.15, 0.2) is 0 Å². The molecule has 0 aliphatic heterocycles. The van der Waals surface area contributed by atoms with E-state index < -0.39 is 18.0 Å². The van der Waals surface area contributed by atoms with E-state index in [1.165, 1.54) is 23.9 Å². The number of pyridine rings is 1. The number of fused-ring (bicyclic) bond motifs is 1. The van der Waals surface area contributed by atoms with Crippen LogP contribution in [-0.4, -0.2) is 10.9 Å². The molecule has 0 saturated heterocycles. The van der Waals surface area contributed by atoms with Gasteiger partial charge in [0.2, 0.25) is 0 Å². The van der Waals surface area contributed by atoms with Gasteiger partial charge >= 0.3 is 0 Å². The van der Waals surface area contributed by atoms with Gasteiger partial charge in [0.25, 0.3) is 12.3 Å². The first-order chi connectivity index (χ1) is 10.9. The molecule has 23 heavy (non-hydrogen) atoms. The van der Waals surface area contributed by atoms with Crippen molar-refractivity contribution in [2.75, 3.05) is 5.32 Å². The molecule has 1 N–H and O–H groups in total. The number of benzene rings is 1. The van der Waals surface area contributed by atoms with Gasteiger partial charge < -0.3 is 5.32 Å². The molecule has 2 aromatic rings. The zero-order chi connectivity index (χ0) is 16.6. The van der Waals surface area contributed by atoms with Gasteiger partial charge in [-0.1, -0.05) is 26.0 Å². The van der Waals surface area contributed by atoms with Gasteiger partial charge in [0.05, 0.1) is 5.56 Å². The van der Waals surface area contributed by atoms with E-state index >= 15 is 0 Å². The molecule has 5 heteroatoms. The summed E-state index contributed by atoms with van der Waals surface area (Å²) in [6.45, 7) is 4.33. The fraction of sp³-hybridized carbons (Fsp3) is 0.333. The molecule has 3 rings (SSSR count). The van der Waals surface area contributed by atoms with Gasteiger partial charge in [0.1, 0.15) is 5.69 Å². The van der Waals surface area contributed by atoms with Crippen molar-refractivity contribution in [2.45, 2.75) is 38.5 Å². The summed E-state index contributed by atoms with van der Waals surface area (Å²) in [5, 5.41) is 2.78. The molecule has 0 atom stereocenters. The number of rotatable bonds is 3. The number of carbonyl (C=O) groups excluding carboxylic acids is 1. The third-order valence-corrected chi connectivity index (χ3v) is 4.44. The smallest absolute Gasteiger partial charge is 0.281 e. The van der Waals surface area contributed by atoms with E-state index in [1.54, 1.807) is 0 Å². The molecular weight excluding hydrogens is 298 g/mol. The molecule has 1 aliphatic carbocycles. The van der Waals surface area contributed by atoms with Crippen LogP contribution in [0.15, 0.2) is 36.5 Å².